The maximum Gasteiger partial charge on any atom is 0.137 e. The first kappa shape index (κ1) is 17.8. The maximum atomic E-state index is 6.27. The fourth-order valence-electron chi connectivity index (χ4n) is 2.41. The van der Waals surface area contributed by atoms with Crippen LogP contribution >= 0.6 is 11.6 Å². The molecule has 0 saturated carbocycles. The molecule has 0 aliphatic rings. The molecule has 124 valence electrons. The van der Waals surface area contributed by atoms with Crippen LogP contribution in [0, 0.1) is 0 Å². The fraction of sp³-hybridized carbons (Fsp3) is 0.400. The van der Waals surface area contributed by atoms with Crippen LogP contribution in [0.25, 0.3) is 0 Å². The third-order valence-corrected chi connectivity index (χ3v) is 4.12. The van der Waals surface area contributed by atoms with Gasteiger partial charge in [0.15, 0.2) is 0 Å². The summed E-state index contributed by atoms with van der Waals surface area (Å²) in [6.45, 7) is 5.84. The summed E-state index contributed by atoms with van der Waals surface area (Å²) in [5.41, 5.74) is 2.58. The number of hydrogen-bond donors (Lipinski definition) is 1. The lowest BCUT2D eigenvalue weighted by molar-refractivity contribution is 0.317. The highest BCUT2D eigenvalue weighted by molar-refractivity contribution is 6.32. The van der Waals surface area contributed by atoms with Crippen molar-refractivity contribution in [3.05, 3.63) is 64.7 Å². The molecule has 3 heteroatoms. The highest BCUT2D eigenvalue weighted by atomic mass is 35.5. The Kier molecular flexibility index (Phi) is 7.44. The zero-order valence-electron chi connectivity index (χ0n) is 14.0. The average Bonchev–Trinajstić information content (AvgIpc) is 2.58. The molecule has 0 aromatic heterocycles. The van der Waals surface area contributed by atoms with Gasteiger partial charge in [0.25, 0.3) is 0 Å². The molecule has 0 heterocycles. The molecule has 1 N–H and O–H groups in total. The number of halogens is 1. The number of benzene rings is 2. The summed E-state index contributed by atoms with van der Waals surface area (Å²) in [6, 6.07) is 17.1. The van der Waals surface area contributed by atoms with E-state index < -0.39 is 0 Å². The molecule has 1 atom stereocenters. The zero-order chi connectivity index (χ0) is 16.5. The van der Waals surface area contributed by atoms with Crippen molar-refractivity contribution in [2.24, 2.45) is 0 Å². The maximum absolute atomic E-state index is 6.27. The Morgan fingerprint density at radius 2 is 1.87 bits per heavy atom. The Hall–Kier alpha value is -1.51. The second kappa shape index (κ2) is 9.59. The van der Waals surface area contributed by atoms with Crippen LogP contribution in [0.4, 0.5) is 0 Å². The Morgan fingerprint density at radius 1 is 1.09 bits per heavy atom. The van der Waals surface area contributed by atoms with Gasteiger partial charge in [0, 0.05) is 12.6 Å². The van der Waals surface area contributed by atoms with Crippen molar-refractivity contribution in [1.82, 2.24) is 5.32 Å². The van der Waals surface area contributed by atoms with Crippen molar-refractivity contribution in [3.63, 3.8) is 0 Å². The Balaban J connectivity index is 1.77. The van der Waals surface area contributed by atoms with E-state index in [0.29, 0.717) is 17.7 Å². The first-order chi connectivity index (χ1) is 11.2. The summed E-state index contributed by atoms with van der Waals surface area (Å²) in [6.07, 6.45) is 3.20. The monoisotopic (exact) mass is 331 g/mol. The largest absolute Gasteiger partial charge is 0.492 e. The van der Waals surface area contributed by atoms with E-state index in [1.165, 1.54) is 11.1 Å². The van der Waals surface area contributed by atoms with Crippen molar-refractivity contribution >= 4 is 11.6 Å². The minimum atomic E-state index is 0.463. The molecular formula is C20H26ClNO. The molecule has 0 saturated heterocycles. The molecule has 0 aliphatic heterocycles. The number of aryl methyl sites for hydroxylation is 1. The zero-order valence-corrected chi connectivity index (χ0v) is 14.8. The van der Waals surface area contributed by atoms with E-state index in [1.54, 1.807) is 0 Å². The SMILES string of the molecule is CCCOc1ccc(CN[C@@H](C)CCc2ccccc2)cc1Cl. The predicted octanol–water partition coefficient (Wildman–Crippen LogP) is 5.24. The van der Waals surface area contributed by atoms with E-state index in [2.05, 4.69) is 55.6 Å². The van der Waals surface area contributed by atoms with Gasteiger partial charge in [0.2, 0.25) is 0 Å². The summed E-state index contributed by atoms with van der Waals surface area (Å²) in [5, 5.41) is 4.25. The number of nitrogens with one attached hydrogen (secondary N) is 1. The van der Waals surface area contributed by atoms with Gasteiger partial charge < -0.3 is 10.1 Å². The van der Waals surface area contributed by atoms with Gasteiger partial charge in [-0.1, -0.05) is 54.9 Å². The van der Waals surface area contributed by atoms with Gasteiger partial charge in [-0.05, 0) is 49.4 Å². The second-order valence-electron chi connectivity index (χ2n) is 5.92. The van der Waals surface area contributed by atoms with Crippen LogP contribution in [0.15, 0.2) is 48.5 Å². The molecule has 0 aliphatic carbocycles. The first-order valence-corrected chi connectivity index (χ1v) is 8.75. The summed E-state index contributed by atoms with van der Waals surface area (Å²) in [4.78, 5) is 0. The molecule has 23 heavy (non-hydrogen) atoms. The molecule has 0 spiro atoms. The van der Waals surface area contributed by atoms with Crippen LogP contribution in [-0.4, -0.2) is 12.6 Å². The molecule has 0 radical (unpaired) electrons. The van der Waals surface area contributed by atoms with Crippen molar-refractivity contribution in [1.29, 1.82) is 0 Å². The number of rotatable bonds is 9. The molecule has 0 fully saturated rings. The molecule has 2 nitrogen and oxygen atoms in total. The topological polar surface area (TPSA) is 21.3 Å². The van der Waals surface area contributed by atoms with Crippen molar-refractivity contribution in [3.8, 4) is 5.75 Å². The lowest BCUT2D eigenvalue weighted by atomic mass is 10.1. The van der Waals surface area contributed by atoms with Crippen LogP contribution in [0.5, 0.6) is 5.75 Å². The normalized spacial score (nSPS) is 12.1. The van der Waals surface area contributed by atoms with E-state index in [1.807, 2.05) is 12.1 Å². The van der Waals surface area contributed by atoms with Gasteiger partial charge in [0.05, 0.1) is 11.6 Å². The summed E-state index contributed by atoms with van der Waals surface area (Å²) >= 11 is 6.27. The summed E-state index contributed by atoms with van der Waals surface area (Å²) in [7, 11) is 0. The smallest absolute Gasteiger partial charge is 0.137 e. The van der Waals surface area contributed by atoms with Gasteiger partial charge in [-0.25, -0.2) is 0 Å². The van der Waals surface area contributed by atoms with Crippen LogP contribution in [0.2, 0.25) is 5.02 Å². The van der Waals surface area contributed by atoms with Crippen molar-refractivity contribution < 1.29 is 4.74 Å². The summed E-state index contributed by atoms with van der Waals surface area (Å²) < 4.78 is 5.60. The highest BCUT2D eigenvalue weighted by Crippen LogP contribution is 2.25. The van der Waals surface area contributed by atoms with E-state index >= 15 is 0 Å². The predicted molar refractivity (Wildman–Crippen MR) is 98.3 cm³/mol. The van der Waals surface area contributed by atoms with E-state index in [-0.39, 0.29) is 0 Å². The molecule has 2 aromatic rings. The van der Waals surface area contributed by atoms with Gasteiger partial charge in [0.1, 0.15) is 5.75 Å². The van der Waals surface area contributed by atoms with Gasteiger partial charge in [-0.15, -0.1) is 0 Å². The fourth-order valence-corrected chi connectivity index (χ4v) is 2.66. The van der Waals surface area contributed by atoms with Crippen LogP contribution in [0.3, 0.4) is 0 Å². The van der Waals surface area contributed by atoms with Gasteiger partial charge in [-0.3, -0.25) is 0 Å². The second-order valence-corrected chi connectivity index (χ2v) is 6.33. The Bertz CT molecular complexity index is 585. The van der Waals surface area contributed by atoms with Crippen LogP contribution in [-0.2, 0) is 13.0 Å². The minimum absolute atomic E-state index is 0.463. The number of ether oxygens (including phenoxy) is 1. The molecule has 0 unspecified atom stereocenters. The van der Waals surface area contributed by atoms with Gasteiger partial charge >= 0.3 is 0 Å². The average molecular weight is 332 g/mol. The number of hydrogen-bond acceptors (Lipinski definition) is 2. The van der Waals surface area contributed by atoms with Crippen molar-refractivity contribution in [2.45, 2.75) is 45.7 Å². The minimum Gasteiger partial charge on any atom is -0.492 e. The van der Waals surface area contributed by atoms with Gasteiger partial charge in [-0.2, -0.15) is 0 Å². The Morgan fingerprint density at radius 3 is 2.57 bits per heavy atom. The highest BCUT2D eigenvalue weighted by Gasteiger charge is 2.05. The molecule has 0 bridgehead atoms. The van der Waals surface area contributed by atoms with E-state index in [0.717, 1.165) is 31.6 Å². The Labute approximate surface area is 144 Å². The third-order valence-electron chi connectivity index (χ3n) is 3.82. The lowest BCUT2D eigenvalue weighted by Gasteiger charge is -2.15. The van der Waals surface area contributed by atoms with E-state index in [9.17, 15) is 0 Å². The molecule has 0 amide bonds. The molecular weight excluding hydrogens is 306 g/mol. The van der Waals surface area contributed by atoms with Crippen molar-refractivity contribution in [2.75, 3.05) is 6.61 Å². The first-order valence-electron chi connectivity index (χ1n) is 8.37. The summed E-state index contributed by atoms with van der Waals surface area (Å²) in [5.74, 6) is 0.773. The molecule has 2 aromatic carbocycles. The van der Waals surface area contributed by atoms with Crippen LogP contribution in [0.1, 0.15) is 37.8 Å². The van der Waals surface area contributed by atoms with Crippen LogP contribution < -0.4 is 10.1 Å². The lowest BCUT2D eigenvalue weighted by Crippen LogP contribution is -2.25. The standard InChI is InChI=1S/C20H26ClNO/c1-3-13-23-20-12-11-18(14-19(20)21)15-22-16(2)9-10-17-7-5-4-6-8-17/h4-8,11-12,14,16,22H,3,9-10,13,15H2,1-2H3/t16-/m0/s1. The third kappa shape index (κ3) is 6.25. The quantitative estimate of drug-likeness (QED) is 0.678. The molecule has 2 rings (SSSR count). The van der Waals surface area contributed by atoms with E-state index in [4.69, 9.17) is 16.3 Å².